The van der Waals surface area contributed by atoms with E-state index in [2.05, 4.69) is 32.7 Å². The van der Waals surface area contributed by atoms with Crippen LogP contribution in [0.3, 0.4) is 0 Å². The first-order chi connectivity index (χ1) is 20.4. The highest BCUT2D eigenvalue weighted by Gasteiger charge is 2.19. The molecule has 0 fully saturated rings. The first kappa shape index (κ1) is 31.5. The van der Waals surface area contributed by atoms with Crippen LogP contribution in [-0.4, -0.2) is 78.3 Å². The third-order valence-corrected chi connectivity index (χ3v) is 7.72. The number of benzene rings is 2. The monoisotopic (exact) mass is 601 g/mol. The maximum atomic E-state index is 13.1. The number of hydrogen-bond donors (Lipinski definition) is 2. The second kappa shape index (κ2) is 15.7. The van der Waals surface area contributed by atoms with Gasteiger partial charge >= 0.3 is 8.25 Å². The fourth-order valence-corrected chi connectivity index (χ4v) is 5.33. The lowest BCUT2D eigenvalue weighted by molar-refractivity contribution is 0.0949. The van der Waals surface area contributed by atoms with E-state index in [-0.39, 0.29) is 12.5 Å². The van der Waals surface area contributed by atoms with Crippen molar-refractivity contribution in [3.63, 3.8) is 0 Å². The highest BCUT2D eigenvalue weighted by atomic mass is 31.1. The van der Waals surface area contributed by atoms with Crippen molar-refractivity contribution in [2.24, 2.45) is 0 Å². The number of ether oxygens (including phenoxy) is 3. The third kappa shape index (κ3) is 8.54. The van der Waals surface area contributed by atoms with Crippen LogP contribution in [0.1, 0.15) is 52.9 Å². The molecule has 1 aromatic heterocycles. The summed E-state index contributed by atoms with van der Waals surface area (Å²) in [5.74, 6) is 1.81. The number of unbranched alkanes of at least 4 members (excludes halogenated alkanes) is 2. The number of aryl methyl sites for hydroxylation is 1. The fourth-order valence-electron chi connectivity index (χ4n) is 5.01. The van der Waals surface area contributed by atoms with Gasteiger partial charge in [0.25, 0.3) is 5.91 Å². The number of carbonyl (C=O) groups excluding carboxylic acids is 1. The summed E-state index contributed by atoms with van der Waals surface area (Å²) in [6.45, 7) is 3.61. The van der Waals surface area contributed by atoms with E-state index in [1.165, 1.54) is 11.1 Å². The van der Waals surface area contributed by atoms with Crippen molar-refractivity contribution < 1.29 is 33.0 Å². The van der Waals surface area contributed by atoms with Gasteiger partial charge < -0.3 is 28.9 Å². The normalized spacial score (nSPS) is 13.8. The molecule has 1 atom stereocenters. The van der Waals surface area contributed by atoms with Gasteiger partial charge in [-0.1, -0.05) is 5.21 Å². The molecule has 228 valence electrons. The maximum absolute atomic E-state index is 13.1. The summed E-state index contributed by atoms with van der Waals surface area (Å²) < 4.78 is 33.3. The molecule has 0 saturated heterocycles. The van der Waals surface area contributed by atoms with Crippen LogP contribution in [0.25, 0.3) is 5.69 Å². The van der Waals surface area contributed by atoms with Crippen LogP contribution < -0.4 is 19.5 Å². The SMILES string of the molecule is COc1cc2c(cc1OC)CN(CCCCNC(=O)c1cc(-n3cc(CCCCO[PH](=O)O)nn3)ccc1OC)CC2. The van der Waals surface area contributed by atoms with Gasteiger partial charge in [0, 0.05) is 19.6 Å². The number of hydrogen-bond acceptors (Lipinski definition) is 9. The molecular formula is C29H40N5O7P. The zero-order valence-corrected chi connectivity index (χ0v) is 25.4. The van der Waals surface area contributed by atoms with Gasteiger partial charge in [0.2, 0.25) is 0 Å². The largest absolute Gasteiger partial charge is 0.496 e. The zero-order valence-electron chi connectivity index (χ0n) is 24.4. The molecule has 0 aliphatic carbocycles. The topological polar surface area (TPSA) is 137 Å². The average Bonchev–Trinajstić information content (AvgIpc) is 3.48. The Morgan fingerprint density at radius 1 is 1.00 bits per heavy atom. The van der Waals surface area contributed by atoms with Crippen LogP contribution in [0, 0.1) is 0 Å². The number of nitrogens with zero attached hydrogens (tertiary/aromatic N) is 4. The lowest BCUT2D eigenvalue weighted by Gasteiger charge is -2.29. The molecule has 3 aromatic rings. The summed E-state index contributed by atoms with van der Waals surface area (Å²) in [6, 6.07) is 9.47. The minimum atomic E-state index is -2.89. The van der Waals surface area contributed by atoms with E-state index in [0.717, 1.165) is 62.5 Å². The molecule has 4 rings (SSSR count). The Labute approximate surface area is 246 Å². The average molecular weight is 602 g/mol. The number of carbonyl (C=O) groups is 1. The molecule has 0 bridgehead atoms. The third-order valence-electron chi connectivity index (χ3n) is 7.27. The second-order valence-electron chi connectivity index (χ2n) is 10.1. The van der Waals surface area contributed by atoms with Crippen LogP contribution >= 0.6 is 8.25 Å². The van der Waals surface area contributed by atoms with Crippen molar-refractivity contribution >= 4 is 14.2 Å². The standard InChI is InChI=1S/C29H40N5O7P/c1-38-26-10-9-24(34-20-23(31-32-34)8-4-7-15-41-42(36)37)18-25(26)29(35)30-12-5-6-13-33-14-11-21-16-27(39-2)28(40-3)17-22(21)19-33/h9-10,16-18,20,42H,4-8,11-15,19H2,1-3H3,(H,30,35)(H,36,37). The number of amides is 1. The van der Waals surface area contributed by atoms with Crippen LogP contribution in [0.4, 0.5) is 0 Å². The predicted octanol–water partition coefficient (Wildman–Crippen LogP) is 3.58. The van der Waals surface area contributed by atoms with Crippen LogP contribution in [0.5, 0.6) is 17.2 Å². The lowest BCUT2D eigenvalue weighted by Crippen LogP contribution is -2.32. The molecule has 2 heterocycles. The van der Waals surface area contributed by atoms with Crippen LogP contribution in [-0.2, 0) is 28.5 Å². The lowest BCUT2D eigenvalue weighted by atomic mass is 9.98. The van der Waals surface area contributed by atoms with Gasteiger partial charge in [0.05, 0.1) is 51.1 Å². The molecule has 0 spiro atoms. The van der Waals surface area contributed by atoms with Crippen molar-refractivity contribution in [2.75, 3.05) is 47.6 Å². The number of aromatic nitrogens is 3. The summed E-state index contributed by atoms with van der Waals surface area (Å²) in [5, 5.41) is 11.4. The van der Waals surface area contributed by atoms with Gasteiger partial charge in [0.1, 0.15) is 5.75 Å². The zero-order chi connectivity index (χ0) is 29.9. The van der Waals surface area contributed by atoms with Gasteiger partial charge in [-0.2, -0.15) is 0 Å². The Morgan fingerprint density at radius 2 is 1.76 bits per heavy atom. The molecule has 2 aromatic carbocycles. The van der Waals surface area contributed by atoms with E-state index in [0.29, 0.717) is 36.4 Å². The molecule has 13 heteroatoms. The van der Waals surface area contributed by atoms with E-state index in [9.17, 15) is 9.36 Å². The van der Waals surface area contributed by atoms with Gasteiger partial charge in [-0.05, 0) is 86.5 Å². The Balaban J connectivity index is 1.24. The highest BCUT2D eigenvalue weighted by molar-refractivity contribution is 7.32. The maximum Gasteiger partial charge on any atom is 0.316 e. The summed E-state index contributed by atoms with van der Waals surface area (Å²) in [6.07, 6.45) is 6.66. The van der Waals surface area contributed by atoms with Gasteiger partial charge in [-0.3, -0.25) is 14.3 Å². The molecule has 1 amide bonds. The predicted molar refractivity (Wildman–Crippen MR) is 158 cm³/mol. The first-order valence-corrected chi connectivity index (χ1v) is 15.4. The molecule has 0 saturated carbocycles. The minimum Gasteiger partial charge on any atom is -0.496 e. The summed E-state index contributed by atoms with van der Waals surface area (Å²) in [5.41, 5.74) is 4.48. The van der Waals surface area contributed by atoms with Crippen molar-refractivity contribution in [2.45, 2.75) is 45.1 Å². The summed E-state index contributed by atoms with van der Waals surface area (Å²) in [4.78, 5) is 24.2. The van der Waals surface area contributed by atoms with Crippen molar-refractivity contribution in [1.29, 1.82) is 0 Å². The van der Waals surface area contributed by atoms with Gasteiger partial charge in [-0.15, -0.1) is 5.10 Å². The molecule has 12 nitrogen and oxygen atoms in total. The van der Waals surface area contributed by atoms with Gasteiger partial charge in [-0.25, -0.2) is 4.68 Å². The number of nitrogens with one attached hydrogen (secondary N) is 1. The van der Waals surface area contributed by atoms with E-state index in [1.807, 2.05) is 12.3 Å². The Morgan fingerprint density at radius 3 is 2.50 bits per heavy atom. The Hall–Kier alpha value is -3.44. The molecular weight excluding hydrogens is 561 g/mol. The quantitative estimate of drug-likeness (QED) is 0.185. The molecule has 0 radical (unpaired) electrons. The van der Waals surface area contributed by atoms with Crippen molar-refractivity contribution in [3.8, 4) is 22.9 Å². The summed E-state index contributed by atoms with van der Waals surface area (Å²) >= 11 is 0. The molecule has 42 heavy (non-hydrogen) atoms. The number of rotatable bonds is 16. The van der Waals surface area contributed by atoms with Crippen molar-refractivity contribution in [1.82, 2.24) is 25.2 Å². The minimum absolute atomic E-state index is 0.204. The van der Waals surface area contributed by atoms with Crippen LogP contribution in [0.2, 0.25) is 0 Å². The molecule has 2 N–H and O–H groups in total. The Kier molecular flexibility index (Phi) is 11.8. The van der Waals surface area contributed by atoms with E-state index in [1.54, 1.807) is 38.1 Å². The first-order valence-electron chi connectivity index (χ1n) is 14.1. The molecule has 1 aliphatic heterocycles. The smallest absolute Gasteiger partial charge is 0.316 e. The van der Waals surface area contributed by atoms with E-state index in [4.69, 9.17) is 23.6 Å². The van der Waals surface area contributed by atoms with E-state index < -0.39 is 8.25 Å². The van der Waals surface area contributed by atoms with Gasteiger partial charge in [0.15, 0.2) is 11.5 Å². The number of fused-ring (bicyclic) bond motifs is 1. The second-order valence-corrected chi connectivity index (χ2v) is 10.9. The van der Waals surface area contributed by atoms with Crippen LogP contribution in [0.15, 0.2) is 36.5 Å². The highest BCUT2D eigenvalue weighted by Crippen LogP contribution is 2.33. The van der Waals surface area contributed by atoms with E-state index >= 15 is 0 Å². The Bertz CT molecular complexity index is 1370. The molecule has 1 aliphatic rings. The fraction of sp³-hybridized carbons (Fsp3) is 0.483. The molecule has 1 unspecified atom stereocenters. The summed E-state index contributed by atoms with van der Waals surface area (Å²) in [7, 11) is 1.97. The number of methoxy groups -OCH3 is 3. The van der Waals surface area contributed by atoms with Crippen molar-refractivity contribution in [3.05, 3.63) is 58.9 Å².